The first kappa shape index (κ1) is 12.4. The van der Waals surface area contributed by atoms with Crippen LogP contribution in [0, 0.1) is 17.3 Å². The van der Waals surface area contributed by atoms with E-state index in [2.05, 4.69) is 33.0 Å². The third-order valence-electron chi connectivity index (χ3n) is 5.17. The van der Waals surface area contributed by atoms with Crippen molar-refractivity contribution in [2.75, 3.05) is 0 Å². The quantitative estimate of drug-likeness (QED) is 0.763. The molecule has 16 heavy (non-hydrogen) atoms. The van der Waals surface area contributed by atoms with Crippen LogP contribution in [0.2, 0.25) is 0 Å². The van der Waals surface area contributed by atoms with E-state index in [-0.39, 0.29) is 0 Å². The van der Waals surface area contributed by atoms with Gasteiger partial charge in [-0.05, 0) is 49.4 Å². The molecule has 1 heteroatoms. The SMILES string of the molecule is CCC1CCC(NC2CCC(C)(C)C2)C1C. The van der Waals surface area contributed by atoms with E-state index < -0.39 is 0 Å². The van der Waals surface area contributed by atoms with Gasteiger partial charge in [0.1, 0.15) is 0 Å². The number of hydrogen-bond donors (Lipinski definition) is 1. The summed E-state index contributed by atoms with van der Waals surface area (Å²) in [6, 6.07) is 1.61. The van der Waals surface area contributed by atoms with Crippen LogP contribution in [0.25, 0.3) is 0 Å². The maximum atomic E-state index is 3.95. The zero-order chi connectivity index (χ0) is 11.8. The first-order valence-electron chi connectivity index (χ1n) is 7.28. The molecule has 1 nitrogen and oxygen atoms in total. The van der Waals surface area contributed by atoms with E-state index in [4.69, 9.17) is 0 Å². The Bertz CT molecular complexity index is 234. The highest BCUT2D eigenvalue weighted by Gasteiger charge is 2.36. The zero-order valence-corrected chi connectivity index (χ0v) is 11.6. The van der Waals surface area contributed by atoms with Gasteiger partial charge in [0.05, 0.1) is 0 Å². The van der Waals surface area contributed by atoms with Crippen molar-refractivity contribution in [1.82, 2.24) is 5.32 Å². The van der Waals surface area contributed by atoms with Crippen LogP contribution < -0.4 is 5.32 Å². The normalized spacial score (nSPS) is 42.8. The molecule has 0 aromatic carbocycles. The predicted octanol–water partition coefficient (Wildman–Crippen LogP) is 3.98. The van der Waals surface area contributed by atoms with Crippen molar-refractivity contribution in [3.8, 4) is 0 Å². The summed E-state index contributed by atoms with van der Waals surface area (Å²) in [5.74, 6) is 1.88. The summed E-state index contributed by atoms with van der Waals surface area (Å²) in [7, 11) is 0. The first-order valence-corrected chi connectivity index (χ1v) is 7.28. The van der Waals surface area contributed by atoms with Gasteiger partial charge in [-0.25, -0.2) is 0 Å². The van der Waals surface area contributed by atoms with Gasteiger partial charge in [0, 0.05) is 12.1 Å². The van der Waals surface area contributed by atoms with Gasteiger partial charge in [-0.2, -0.15) is 0 Å². The topological polar surface area (TPSA) is 12.0 Å². The number of rotatable bonds is 3. The molecule has 0 heterocycles. The van der Waals surface area contributed by atoms with E-state index >= 15 is 0 Å². The maximum absolute atomic E-state index is 3.95. The molecule has 0 spiro atoms. The molecule has 0 aliphatic heterocycles. The highest BCUT2D eigenvalue weighted by atomic mass is 15.0. The molecule has 0 radical (unpaired) electrons. The predicted molar refractivity (Wildman–Crippen MR) is 70.5 cm³/mol. The summed E-state index contributed by atoms with van der Waals surface area (Å²) in [6.45, 7) is 9.64. The lowest BCUT2D eigenvalue weighted by Crippen LogP contribution is -2.39. The highest BCUT2D eigenvalue weighted by Crippen LogP contribution is 2.39. The fourth-order valence-corrected chi connectivity index (χ4v) is 3.94. The van der Waals surface area contributed by atoms with E-state index in [1.54, 1.807) is 0 Å². The van der Waals surface area contributed by atoms with E-state index in [9.17, 15) is 0 Å². The largest absolute Gasteiger partial charge is 0.311 e. The second kappa shape index (κ2) is 4.68. The summed E-state index contributed by atoms with van der Waals surface area (Å²) in [5, 5.41) is 3.95. The summed E-state index contributed by atoms with van der Waals surface area (Å²) in [5.41, 5.74) is 0.587. The molecule has 1 N–H and O–H groups in total. The van der Waals surface area contributed by atoms with Gasteiger partial charge in [0.15, 0.2) is 0 Å². The van der Waals surface area contributed by atoms with Gasteiger partial charge < -0.3 is 5.32 Å². The van der Waals surface area contributed by atoms with Crippen LogP contribution in [-0.4, -0.2) is 12.1 Å². The molecule has 0 aromatic rings. The van der Waals surface area contributed by atoms with Crippen LogP contribution in [0.3, 0.4) is 0 Å². The van der Waals surface area contributed by atoms with Crippen molar-refractivity contribution in [2.24, 2.45) is 17.3 Å². The Balaban J connectivity index is 1.83. The molecule has 0 amide bonds. The molecule has 4 atom stereocenters. The van der Waals surface area contributed by atoms with Crippen molar-refractivity contribution in [2.45, 2.75) is 78.3 Å². The molecule has 2 aliphatic carbocycles. The third-order valence-corrected chi connectivity index (χ3v) is 5.17. The standard InChI is InChI=1S/C15H29N/c1-5-12-6-7-14(11(12)2)16-13-8-9-15(3,4)10-13/h11-14,16H,5-10H2,1-4H3. The lowest BCUT2D eigenvalue weighted by atomic mass is 9.91. The smallest absolute Gasteiger partial charge is 0.00980 e. The lowest BCUT2D eigenvalue weighted by molar-refractivity contribution is 0.305. The van der Waals surface area contributed by atoms with Crippen LogP contribution in [0.15, 0.2) is 0 Å². The molecule has 2 rings (SSSR count). The van der Waals surface area contributed by atoms with Crippen LogP contribution in [0.5, 0.6) is 0 Å². The van der Waals surface area contributed by atoms with Crippen LogP contribution in [-0.2, 0) is 0 Å². The average Bonchev–Trinajstić information content (AvgIpc) is 2.72. The van der Waals surface area contributed by atoms with Gasteiger partial charge >= 0.3 is 0 Å². The Morgan fingerprint density at radius 2 is 1.94 bits per heavy atom. The minimum absolute atomic E-state index is 0.587. The molecule has 94 valence electrons. The van der Waals surface area contributed by atoms with Crippen molar-refractivity contribution in [3.63, 3.8) is 0 Å². The minimum atomic E-state index is 0.587. The van der Waals surface area contributed by atoms with E-state index in [1.165, 1.54) is 38.5 Å². The second-order valence-corrected chi connectivity index (χ2v) is 6.98. The zero-order valence-electron chi connectivity index (χ0n) is 11.6. The summed E-state index contributed by atoms with van der Waals surface area (Å²) < 4.78 is 0. The van der Waals surface area contributed by atoms with Gasteiger partial charge in [-0.1, -0.05) is 34.1 Å². The van der Waals surface area contributed by atoms with Gasteiger partial charge in [0.2, 0.25) is 0 Å². The summed E-state index contributed by atoms with van der Waals surface area (Å²) in [4.78, 5) is 0. The summed E-state index contributed by atoms with van der Waals surface area (Å²) in [6.07, 6.45) is 8.42. The van der Waals surface area contributed by atoms with Crippen molar-refractivity contribution in [3.05, 3.63) is 0 Å². The van der Waals surface area contributed by atoms with Crippen molar-refractivity contribution < 1.29 is 0 Å². The Morgan fingerprint density at radius 1 is 1.19 bits per heavy atom. The molecule has 0 bridgehead atoms. The fourth-order valence-electron chi connectivity index (χ4n) is 3.94. The third kappa shape index (κ3) is 2.61. The fraction of sp³-hybridized carbons (Fsp3) is 1.00. The second-order valence-electron chi connectivity index (χ2n) is 6.98. The Hall–Kier alpha value is -0.0400. The average molecular weight is 223 g/mol. The molecular weight excluding hydrogens is 194 g/mol. The molecule has 4 unspecified atom stereocenters. The number of nitrogens with one attached hydrogen (secondary N) is 1. The van der Waals surface area contributed by atoms with Gasteiger partial charge in [0.25, 0.3) is 0 Å². The van der Waals surface area contributed by atoms with Gasteiger partial charge in [-0.3, -0.25) is 0 Å². The van der Waals surface area contributed by atoms with Crippen LogP contribution in [0.1, 0.15) is 66.2 Å². The number of hydrogen-bond acceptors (Lipinski definition) is 1. The van der Waals surface area contributed by atoms with E-state index in [1.807, 2.05) is 0 Å². The lowest BCUT2D eigenvalue weighted by Gasteiger charge is -2.25. The highest BCUT2D eigenvalue weighted by molar-refractivity contribution is 4.92. The van der Waals surface area contributed by atoms with E-state index in [0.29, 0.717) is 5.41 Å². The molecule has 2 fully saturated rings. The maximum Gasteiger partial charge on any atom is 0.00980 e. The summed E-state index contributed by atoms with van der Waals surface area (Å²) >= 11 is 0. The first-order chi connectivity index (χ1) is 7.52. The molecule has 0 saturated heterocycles. The Morgan fingerprint density at radius 3 is 2.44 bits per heavy atom. The van der Waals surface area contributed by atoms with Crippen LogP contribution >= 0.6 is 0 Å². The molecular formula is C15H29N. The molecule has 2 aliphatic rings. The molecule has 2 saturated carbocycles. The van der Waals surface area contributed by atoms with Crippen molar-refractivity contribution in [1.29, 1.82) is 0 Å². The Labute approximate surface area is 101 Å². The minimum Gasteiger partial charge on any atom is -0.311 e. The monoisotopic (exact) mass is 223 g/mol. The van der Waals surface area contributed by atoms with Crippen LogP contribution in [0.4, 0.5) is 0 Å². The van der Waals surface area contributed by atoms with Gasteiger partial charge in [-0.15, -0.1) is 0 Å². The van der Waals surface area contributed by atoms with Crippen molar-refractivity contribution >= 4 is 0 Å². The Kier molecular flexibility index (Phi) is 3.63. The molecule has 0 aromatic heterocycles. The van der Waals surface area contributed by atoms with E-state index in [0.717, 1.165) is 23.9 Å².